The van der Waals surface area contributed by atoms with E-state index in [4.69, 9.17) is 0 Å². The van der Waals surface area contributed by atoms with Crippen LogP contribution in [0, 0.1) is 0 Å². The monoisotopic (exact) mass is 256 g/mol. The summed E-state index contributed by atoms with van der Waals surface area (Å²) in [4.78, 5) is 8.58. The second-order valence-corrected chi connectivity index (χ2v) is 5.46. The van der Waals surface area contributed by atoms with Gasteiger partial charge < -0.3 is 10.6 Å². The van der Waals surface area contributed by atoms with Gasteiger partial charge in [-0.1, -0.05) is 39.0 Å². The first-order chi connectivity index (χ1) is 9.00. The van der Waals surface area contributed by atoms with Crippen molar-refractivity contribution < 1.29 is 0 Å². The molecule has 0 spiro atoms. The SMILES string of the molecule is CNc1cncc(Nc2ccccc2C(C)(C)C)n1. The molecule has 4 nitrogen and oxygen atoms in total. The van der Waals surface area contributed by atoms with Crippen LogP contribution in [0.15, 0.2) is 36.7 Å². The molecular weight excluding hydrogens is 236 g/mol. The first-order valence-electron chi connectivity index (χ1n) is 6.37. The first kappa shape index (κ1) is 13.3. The van der Waals surface area contributed by atoms with Gasteiger partial charge in [0, 0.05) is 12.7 Å². The highest BCUT2D eigenvalue weighted by atomic mass is 15.1. The number of aromatic nitrogens is 2. The lowest BCUT2D eigenvalue weighted by atomic mass is 9.86. The Kier molecular flexibility index (Phi) is 3.69. The molecule has 0 radical (unpaired) electrons. The van der Waals surface area contributed by atoms with Gasteiger partial charge >= 0.3 is 0 Å². The fourth-order valence-electron chi connectivity index (χ4n) is 1.93. The topological polar surface area (TPSA) is 49.8 Å². The third kappa shape index (κ3) is 3.22. The average molecular weight is 256 g/mol. The molecule has 0 atom stereocenters. The van der Waals surface area contributed by atoms with Crippen LogP contribution in [0.1, 0.15) is 26.3 Å². The largest absolute Gasteiger partial charge is 0.372 e. The molecule has 0 aliphatic carbocycles. The predicted octanol–water partition coefficient (Wildman–Crippen LogP) is 3.56. The maximum atomic E-state index is 4.42. The van der Waals surface area contributed by atoms with E-state index in [0.29, 0.717) is 0 Å². The summed E-state index contributed by atoms with van der Waals surface area (Å²) >= 11 is 0. The molecule has 2 aromatic rings. The van der Waals surface area contributed by atoms with E-state index in [1.807, 2.05) is 13.1 Å². The lowest BCUT2D eigenvalue weighted by Crippen LogP contribution is -2.13. The Morgan fingerprint density at radius 2 is 1.68 bits per heavy atom. The van der Waals surface area contributed by atoms with Crippen molar-refractivity contribution in [3.05, 3.63) is 42.2 Å². The Labute approximate surface area is 114 Å². The summed E-state index contributed by atoms with van der Waals surface area (Å²) in [5.41, 5.74) is 2.40. The van der Waals surface area contributed by atoms with Crippen LogP contribution in [-0.2, 0) is 5.41 Å². The highest BCUT2D eigenvalue weighted by Gasteiger charge is 2.17. The Morgan fingerprint density at radius 3 is 2.37 bits per heavy atom. The van der Waals surface area contributed by atoms with Crippen molar-refractivity contribution in [3.8, 4) is 0 Å². The van der Waals surface area contributed by atoms with Gasteiger partial charge in [-0.25, -0.2) is 4.98 Å². The highest BCUT2D eigenvalue weighted by Crippen LogP contribution is 2.30. The number of hydrogen-bond donors (Lipinski definition) is 2. The molecule has 2 N–H and O–H groups in total. The average Bonchev–Trinajstić information content (AvgIpc) is 2.38. The predicted molar refractivity (Wildman–Crippen MR) is 80.0 cm³/mol. The second-order valence-electron chi connectivity index (χ2n) is 5.46. The van der Waals surface area contributed by atoms with E-state index < -0.39 is 0 Å². The number of nitrogens with one attached hydrogen (secondary N) is 2. The molecular formula is C15H20N4. The molecule has 1 aromatic carbocycles. The lowest BCUT2D eigenvalue weighted by molar-refractivity contribution is 0.592. The highest BCUT2D eigenvalue weighted by molar-refractivity contribution is 5.62. The van der Waals surface area contributed by atoms with Crippen LogP contribution in [0.25, 0.3) is 0 Å². The number of hydrogen-bond acceptors (Lipinski definition) is 4. The van der Waals surface area contributed by atoms with Gasteiger partial charge in [-0.05, 0) is 17.0 Å². The zero-order chi connectivity index (χ0) is 13.9. The van der Waals surface area contributed by atoms with Crippen LogP contribution in [0.5, 0.6) is 0 Å². The van der Waals surface area contributed by atoms with E-state index in [1.165, 1.54) is 5.56 Å². The van der Waals surface area contributed by atoms with E-state index in [9.17, 15) is 0 Å². The van der Waals surface area contributed by atoms with Crippen molar-refractivity contribution in [2.45, 2.75) is 26.2 Å². The van der Waals surface area contributed by atoms with E-state index in [1.54, 1.807) is 12.4 Å². The van der Waals surface area contributed by atoms with Crippen LogP contribution < -0.4 is 10.6 Å². The third-order valence-electron chi connectivity index (χ3n) is 2.89. The molecule has 1 aromatic heterocycles. The zero-order valence-corrected chi connectivity index (χ0v) is 11.9. The van der Waals surface area contributed by atoms with Crippen LogP contribution in [0.2, 0.25) is 0 Å². The van der Waals surface area contributed by atoms with Gasteiger partial charge in [0.25, 0.3) is 0 Å². The number of rotatable bonds is 3. The number of para-hydroxylation sites is 1. The first-order valence-corrected chi connectivity index (χ1v) is 6.37. The molecule has 0 aliphatic rings. The summed E-state index contributed by atoms with van der Waals surface area (Å²) in [6, 6.07) is 8.28. The molecule has 0 bridgehead atoms. The Bertz CT molecular complexity index is 558. The summed E-state index contributed by atoms with van der Waals surface area (Å²) < 4.78 is 0. The molecule has 0 saturated heterocycles. The van der Waals surface area contributed by atoms with E-state index in [0.717, 1.165) is 17.3 Å². The van der Waals surface area contributed by atoms with Gasteiger partial charge in [-0.15, -0.1) is 0 Å². The smallest absolute Gasteiger partial charge is 0.151 e. The van der Waals surface area contributed by atoms with Crippen molar-refractivity contribution in [1.82, 2.24) is 9.97 Å². The summed E-state index contributed by atoms with van der Waals surface area (Å²) in [7, 11) is 1.83. The van der Waals surface area contributed by atoms with Crippen LogP contribution in [0.3, 0.4) is 0 Å². The molecule has 19 heavy (non-hydrogen) atoms. The minimum atomic E-state index is 0.0810. The van der Waals surface area contributed by atoms with Gasteiger partial charge in [0.05, 0.1) is 12.4 Å². The fraction of sp³-hybridized carbons (Fsp3) is 0.333. The normalized spacial score (nSPS) is 11.2. The molecule has 0 aliphatic heterocycles. The van der Waals surface area contributed by atoms with Crippen molar-refractivity contribution in [1.29, 1.82) is 0 Å². The van der Waals surface area contributed by atoms with Crippen LogP contribution in [0.4, 0.5) is 17.3 Å². The minimum absolute atomic E-state index is 0.0810. The molecule has 0 saturated carbocycles. The summed E-state index contributed by atoms with van der Waals surface area (Å²) in [6.45, 7) is 6.59. The minimum Gasteiger partial charge on any atom is -0.372 e. The maximum absolute atomic E-state index is 4.42. The molecule has 2 rings (SSSR count). The van der Waals surface area contributed by atoms with Crippen molar-refractivity contribution in [2.75, 3.05) is 17.7 Å². The van der Waals surface area contributed by atoms with E-state index in [2.05, 4.69) is 59.6 Å². The van der Waals surface area contributed by atoms with Gasteiger partial charge in [-0.2, -0.15) is 0 Å². The standard InChI is InChI=1S/C15H20N4/c1-15(2,3)11-7-5-6-8-12(11)18-14-10-17-9-13(16-4)19-14/h5-10H,1-4H3,(H2,16,18,19). The Morgan fingerprint density at radius 1 is 1.00 bits per heavy atom. The Balaban J connectivity index is 2.33. The van der Waals surface area contributed by atoms with Gasteiger partial charge in [-0.3, -0.25) is 4.98 Å². The molecule has 4 heteroatoms. The summed E-state index contributed by atoms with van der Waals surface area (Å²) in [6.07, 6.45) is 3.42. The summed E-state index contributed by atoms with van der Waals surface area (Å²) in [5, 5.41) is 6.32. The van der Waals surface area contributed by atoms with E-state index >= 15 is 0 Å². The number of anilines is 3. The van der Waals surface area contributed by atoms with Crippen LogP contribution >= 0.6 is 0 Å². The maximum Gasteiger partial charge on any atom is 0.151 e. The third-order valence-corrected chi connectivity index (χ3v) is 2.89. The van der Waals surface area contributed by atoms with Gasteiger partial charge in [0.15, 0.2) is 5.82 Å². The second kappa shape index (κ2) is 5.26. The van der Waals surface area contributed by atoms with Gasteiger partial charge in [0.2, 0.25) is 0 Å². The Hall–Kier alpha value is -2.10. The van der Waals surface area contributed by atoms with Crippen molar-refractivity contribution in [2.24, 2.45) is 0 Å². The molecule has 100 valence electrons. The van der Waals surface area contributed by atoms with E-state index in [-0.39, 0.29) is 5.41 Å². The number of nitrogens with zero attached hydrogens (tertiary/aromatic N) is 2. The van der Waals surface area contributed by atoms with Crippen molar-refractivity contribution in [3.63, 3.8) is 0 Å². The van der Waals surface area contributed by atoms with Crippen molar-refractivity contribution >= 4 is 17.3 Å². The summed E-state index contributed by atoms with van der Waals surface area (Å²) in [5.74, 6) is 1.49. The van der Waals surface area contributed by atoms with Crippen LogP contribution in [-0.4, -0.2) is 17.0 Å². The van der Waals surface area contributed by atoms with Gasteiger partial charge in [0.1, 0.15) is 5.82 Å². The molecule has 0 fully saturated rings. The lowest BCUT2D eigenvalue weighted by Gasteiger charge is -2.23. The quantitative estimate of drug-likeness (QED) is 0.881. The molecule has 0 unspecified atom stereocenters. The molecule has 1 heterocycles. The number of benzene rings is 1. The fourth-order valence-corrected chi connectivity index (χ4v) is 1.93. The zero-order valence-electron chi connectivity index (χ0n) is 11.9. The molecule has 0 amide bonds.